The van der Waals surface area contributed by atoms with E-state index >= 15 is 0 Å². The van der Waals surface area contributed by atoms with Gasteiger partial charge in [-0.05, 0) is 13.0 Å². The van der Waals surface area contributed by atoms with E-state index in [1.807, 2.05) is 0 Å². The van der Waals surface area contributed by atoms with Crippen LogP contribution in [0.2, 0.25) is 0 Å². The number of carbonyl (C=O) groups excluding carboxylic acids is 1. The van der Waals surface area contributed by atoms with Crippen molar-refractivity contribution in [2.75, 3.05) is 6.54 Å². The van der Waals surface area contributed by atoms with Crippen molar-refractivity contribution in [3.05, 3.63) is 0 Å². The van der Waals surface area contributed by atoms with Crippen LogP contribution in [0.4, 0.5) is 0 Å². The molecule has 0 radical (unpaired) electrons. The highest BCUT2D eigenvalue weighted by molar-refractivity contribution is 5.83. The first-order valence-electron chi connectivity index (χ1n) is 3.20. The predicted molar refractivity (Wildman–Crippen MR) is 36.9 cm³/mol. The number of Topliss-reactive ketones (excluding diaryl/α,β-unsaturated/α-hetero) is 1. The monoisotopic (exact) mass is 130 g/mol. The SMILES string of the molecule is CCC(=O)[C@H](N)CCN. The summed E-state index contributed by atoms with van der Waals surface area (Å²) in [5, 5.41) is 0. The number of nitrogens with two attached hydrogens (primary N) is 2. The van der Waals surface area contributed by atoms with E-state index in [0.717, 1.165) is 0 Å². The molecule has 0 aromatic rings. The third-order valence-corrected chi connectivity index (χ3v) is 1.24. The van der Waals surface area contributed by atoms with Gasteiger partial charge in [0.15, 0.2) is 0 Å². The highest BCUT2D eigenvalue weighted by Crippen LogP contribution is 1.90. The highest BCUT2D eigenvalue weighted by Gasteiger charge is 2.08. The molecule has 54 valence electrons. The second-order valence-electron chi connectivity index (χ2n) is 2.00. The molecule has 0 aliphatic heterocycles. The summed E-state index contributed by atoms with van der Waals surface area (Å²) in [6.45, 7) is 2.30. The number of ketones is 1. The van der Waals surface area contributed by atoms with Gasteiger partial charge < -0.3 is 11.5 Å². The molecular weight excluding hydrogens is 116 g/mol. The molecule has 0 amide bonds. The van der Waals surface area contributed by atoms with Crippen molar-refractivity contribution >= 4 is 5.78 Å². The Morgan fingerprint density at radius 3 is 2.56 bits per heavy atom. The Morgan fingerprint density at radius 2 is 2.22 bits per heavy atom. The van der Waals surface area contributed by atoms with Crippen LogP contribution in [-0.4, -0.2) is 18.4 Å². The van der Waals surface area contributed by atoms with Gasteiger partial charge in [0.1, 0.15) is 5.78 Å². The van der Waals surface area contributed by atoms with Crippen LogP contribution in [0.25, 0.3) is 0 Å². The molecule has 3 nitrogen and oxygen atoms in total. The maximum Gasteiger partial charge on any atom is 0.149 e. The predicted octanol–water partition coefficient (Wildman–Crippen LogP) is -0.358. The number of hydrogen-bond acceptors (Lipinski definition) is 3. The summed E-state index contributed by atoms with van der Waals surface area (Å²) >= 11 is 0. The van der Waals surface area contributed by atoms with E-state index in [1.54, 1.807) is 6.92 Å². The van der Waals surface area contributed by atoms with E-state index in [0.29, 0.717) is 19.4 Å². The van der Waals surface area contributed by atoms with E-state index < -0.39 is 0 Å². The Morgan fingerprint density at radius 1 is 1.67 bits per heavy atom. The molecule has 0 rings (SSSR count). The van der Waals surface area contributed by atoms with Crippen LogP contribution in [0.1, 0.15) is 19.8 Å². The summed E-state index contributed by atoms with van der Waals surface area (Å²) in [4.78, 5) is 10.7. The topological polar surface area (TPSA) is 69.1 Å². The van der Waals surface area contributed by atoms with E-state index in [9.17, 15) is 4.79 Å². The molecular formula is C6H14N2O. The molecule has 1 atom stereocenters. The zero-order valence-corrected chi connectivity index (χ0v) is 5.76. The maximum absolute atomic E-state index is 10.7. The quantitative estimate of drug-likeness (QED) is 0.546. The third kappa shape index (κ3) is 3.21. The zero-order chi connectivity index (χ0) is 7.28. The molecule has 0 saturated carbocycles. The van der Waals surface area contributed by atoms with Crippen molar-refractivity contribution < 1.29 is 4.79 Å². The minimum absolute atomic E-state index is 0.0976. The molecule has 3 heteroatoms. The van der Waals surface area contributed by atoms with Gasteiger partial charge in [-0.1, -0.05) is 6.92 Å². The number of rotatable bonds is 4. The van der Waals surface area contributed by atoms with Crippen LogP contribution < -0.4 is 11.5 Å². The molecule has 0 fully saturated rings. The van der Waals surface area contributed by atoms with E-state index in [2.05, 4.69) is 0 Å². The fourth-order valence-corrected chi connectivity index (χ4v) is 0.603. The van der Waals surface area contributed by atoms with Gasteiger partial charge in [0.25, 0.3) is 0 Å². The first-order valence-corrected chi connectivity index (χ1v) is 3.20. The van der Waals surface area contributed by atoms with Crippen LogP contribution >= 0.6 is 0 Å². The van der Waals surface area contributed by atoms with Gasteiger partial charge in [0, 0.05) is 6.42 Å². The molecule has 9 heavy (non-hydrogen) atoms. The van der Waals surface area contributed by atoms with E-state index in [-0.39, 0.29) is 11.8 Å². The van der Waals surface area contributed by atoms with Crippen molar-refractivity contribution in [1.82, 2.24) is 0 Å². The Kier molecular flexibility index (Phi) is 4.26. The normalized spacial score (nSPS) is 13.2. The maximum atomic E-state index is 10.7. The Hall–Kier alpha value is -0.410. The van der Waals surface area contributed by atoms with Gasteiger partial charge in [-0.2, -0.15) is 0 Å². The second-order valence-corrected chi connectivity index (χ2v) is 2.00. The van der Waals surface area contributed by atoms with Gasteiger partial charge in [-0.3, -0.25) is 4.79 Å². The lowest BCUT2D eigenvalue weighted by Gasteiger charge is -2.05. The molecule has 4 N–H and O–H groups in total. The molecule has 0 bridgehead atoms. The van der Waals surface area contributed by atoms with Gasteiger partial charge >= 0.3 is 0 Å². The Labute approximate surface area is 55.4 Å². The lowest BCUT2D eigenvalue weighted by Crippen LogP contribution is -2.32. The molecule has 0 unspecified atom stereocenters. The first-order chi connectivity index (χ1) is 4.22. The lowest BCUT2D eigenvalue weighted by atomic mass is 10.1. The van der Waals surface area contributed by atoms with Gasteiger partial charge in [0.2, 0.25) is 0 Å². The van der Waals surface area contributed by atoms with E-state index in [1.165, 1.54) is 0 Å². The minimum atomic E-state index is -0.333. The van der Waals surface area contributed by atoms with Crippen LogP contribution in [0.15, 0.2) is 0 Å². The summed E-state index contributed by atoms with van der Waals surface area (Å²) in [6, 6.07) is -0.333. The average Bonchev–Trinajstić information content (AvgIpc) is 1.87. The summed E-state index contributed by atoms with van der Waals surface area (Å²) in [6.07, 6.45) is 1.12. The molecule has 0 aromatic heterocycles. The summed E-state index contributed by atoms with van der Waals surface area (Å²) in [7, 11) is 0. The fourth-order valence-electron chi connectivity index (χ4n) is 0.603. The number of hydrogen-bond donors (Lipinski definition) is 2. The summed E-state index contributed by atoms with van der Waals surface area (Å²) in [5.41, 5.74) is 10.6. The van der Waals surface area contributed by atoms with Crippen molar-refractivity contribution in [2.45, 2.75) is 25.8 Å². The molecule has 0 heterocycles. The minimum Gasteiger partial charge on any atom is -0.330 e. The molecule has 0 saturated heterocycles. The molecule has 0 aliphatic rings. The fraction of sp³-hybridized carbons (Fsp3) is 0.833. The largest absolute Gasteiger partial charge is 0.330 e. The van der Waals surface area contributed by atoms with Gasteiger partial charge in [0.05, 0.1) is 6.04 Å². The summed E-state index contributed by atoms with van der Waals surface area (Å²) in [5.74, 6) is 0.0976. The average molecular weight is 130 g/mol. The molecule has 0 aromatic carbocycles. The van der Waals surface area contributed by atoms with Crippen LogP contribution in [-0.2, 0) is 4.79 Å². The van der Waals surface area contributed by atoms with Crippen LogP contribution in [0.3, 0.4) is 0 Å². The van der Waals surface area contributed by atoms with Gasteiger partial charge in [-0.25, -0.2) is 0 Å². The zero-order valence-electron chi connectivity index (χ0n) is 5.76. The summed E-state index contributed by atoms with van der Waals surface area (Å²) < 4.78 is 0. The molecule has 0 aliphatic carbocycles. The lowest BCUT2D eigenvalue weighted by molar-refractivity contribution is -0.120. The smallest absolute Gasteiger partial charge is 0.149 e. The highest BCUT2D eigenvalue weighted by atomic mass is 16.1. The second kappa shape index (κ2) is 4.47. The third-order valence-electron chi connectivity index (χ3n) is 1.24. The van der Waals surface area contributed by atoms with Crippen molar-refractivity contribution in [3.8, 4) is 0 Å². The van der Waals surface area contributed by atoms with Crippen molar-refractivity contribution in [3.63, 3.8) is 0 Å². The van der Waals surface area contributed by atoms with Gasteiger partial charge in [-0.15, -0.1) is 0 Å². The first kappa shape index (κ1) is 8.59. The number of carbonyl (C=O) groups is 1. The van der Waals surface area contributed by atoms with Crippen LogP contribution in [0.5, 0.6) is 0 Å². The van der Waals surface area contributed by atoms with Crippen LogP contribution in [0, 0.1) is 0 Å². The van der Waals surface area contributed by atoms with E-state index in [4.69, 9.17) is 11.5 Å². The molecule has 0 spiro atoms. The van der Waals surface area contributed by atoms with Crippen molar-refractivity contribution in [2.24, 2.45) is 11.5 Å². The Bertz CT molecular complexity index is 93.1. The Balaban J connectivity index is 3.45. The van der Waals surface area contributed by atoms with Crippen molar-refractivity contribution in [1.29, 1.82) is 0 Å². The standard InChI is InChI=1S/C6H14N2O/c1-2-6(9)5(8)3-4-7/h5H,2-4,7-8H2,1H3/t5-/m1/s1.